The van der Waals surface area contributed by atoms with Crippen molar-refractivity contribution in [3.05, 3.63) is 71.8 Å². The summed E-state index contributed by atoms with van der Waals surface area (Å²) in [5, 5.41) is 7.50. The second-order valence-corrected chi connectivity index (χ2v) is 6.82. The molecule has 4 rings (SSSR count). The van der Waals surface area contributed by atoms with Crippen LogP contribution in [0.25, 0.3) is 5.69 Å². The number of halogens is 4. The van der Waals surface area contributed by atoms with Gasteiger partial charge in [0, 0.05) is 31.9 Å². The molecule has 0 aliphatic carbocycles. The lowest BCUT2D eigenvalue weighted by Gasteiger charge is -2.35. The van der Waals surface area contributed by atoms with Gasteiger partial charge in [-0.15, -0.1) is 5.10 Å². The smallest absolute Gasteiger partial charge is 0.368 e. The number of amides is 1. The summed E-state index contributed by atoms with van der Waals surface area (Å²) in [7, 11) is 0. The molecule has 30 heavy (non-hydrogen) atoms. The number of hydrogen-bond acceptors (Lipinski definition) is 4. The molecule has 1 aliphatic rings. The molecule has 0 radical (unpaired) electrons. The van der Waals surface area contributed by atoms with Gasteiger partial charge in [-0.1, -0.05) is 17.3 Å². The average Bonchev–Trinajstić information content (AvgIpc) is 3.23. The van der Waals surface area contributed by atoms with Gasteiger partial charge < -0.3 is 9.80 Å². The number of aromatic nitrogens is 3. The number of piperazine rings is 1. The second kappa shape index (κ2) is 7.77. The van der Waals surface area contributed by atoms with E-state index in [0.29, 0.717) is 26.2 Å². The molecule has 10 heteroatoms. The molecule has 0 bridgehead atoms. The fourth-order valence-corrected chi connectivity index (χ4v) is 3.37. The van der Waals surface area contributed by atoms with Crippen LogP contribution in [0.15, 0.2) is 54.7 Å². The highest BCUT2D eigenvalue weighted by Gasteiger charge is 2.34. The van der Waals surface area contributed by atoms with Crippen LogP contribution in [0.1, 0.15) is 16.1 Å². The van der Waals surface area contributed by atoms with Crippen LogP contribution in [0.4, 0.5) is 23.2 Å². The van der Waals surface area contributed by atoms with E-state index in [0.717, 1.165) is 16.4 Å². The first-order valence-electron chi connectivity index (χ1n) is 9.21. The summed E-state index contributed by atoms with van der Waals surface area (Å²) >= 11 is 0. The Morgan fingerprint density at radius 2 is 1.60 bits per heavy atom. The summed E-state index contributed by atoms with van der Waals surface area (Å²) in [6.07, 6.45) is -3.34. The van der Waals surface area contributed by atoms with Crippen molar-refractivity contribution < 1.29 is 22.4 Å². The molecule has 0 atom stereocenters. The Bertz CT molecular complexity index is 1040. The van der Waals surface area contributed by atoms with Gasteiger partial charge in [-0.05, 0) is 36.4 Å². The summed E-state index contributed by atoms with van der Waals surface area (Å²) in [5.41, 5.74) is -0.222. The van der Waals surface area contributed by atoms with Crippen molar-refractivity contribution in [1.29, 1.82) is 0 Å². The minimum Gasteiger partial charge on any atom is -0.368 e. The van der Waals surface area contributed by atoms with E-state index in [9.17, 15) is 22.4 Å². The summed E-state index contributed by atoms with van der Waals surface area (Å²) in [4.78, 5) is 16.3. The Kier molecular flexibility index (Phi) is 5.15. The largest absolute Gasteiger partial charge is 0.418 e. The molecule has 1 saturated heterocycles. The minimum absolute atomic E-state index is 0.0257. The van der Waals surface area contributed by atoms with Crippen molar-refractivity contribution in [2.45, 2.75) is 6.18 Å². The Morgan fingerprint density at radius 3 is 2.27 bits per heavy atom. The van der Waals surface area contributed by atoms with Crippen LogP contribution in [0.5, 0.6) is 0 Å². The third-order valence-electron chi connectivity index (χ3n) is 4.93. The number of hydrogen-bond donors (Lipinski definition) is 0. The van der Waals surface area contributed by atoms with Gasteiger partial charge in [-0.3, -0.25) is 4.79 Å². The van der Waals surface area contributed by atoms with Gasteiger partial charge >= 0.3 is 6.18 Å². The third kappa shape index (κ3) is 3.98. The maximum atomic E-state index is 13.2. The molecule has 1 amide bonds. The van der Waals surface area contributed by atoms with Crippen LogP contribution < -0.4 is 4.90 Å². The van der Waals surface area contributed by atoms with Gasteiger partial charge in [0.05, 0.1) is 17.4 Å². The molecular formula is C20H17F4N5O. The third-order valence-corrected chi connectivity index (χ3v) is 4.93. The monoisotopic (exact) mass is 419 g/mol. The SMILES string of the molecule is O=C(c1cn(-c2ccccc2C(F)(F)F)nn1)N1CCN(c2ccc(F)cc2)CC1. The number of benzene rings is 2. The summed E-state index contributed by atoms with van der Waals surface area (Å²) in [6, 6.07) is 11.1. The molecule has 6 nitrogen and oxygen atoms in total. The van der Waals surface area contributed by atoms with Crippen LogP contribution in [0.3, 0.4) is 0 Å². The lowest BCUT2D eigenvalue weighted by atomic mass is 10.1. The maximum absolute atomic E-state index is 13.2. The highest BCUT2D eigenvalue weighted by atomic mass is 19.4. The molecular weight excluding hydrogens is 402 g/mol. The number of nitrogens with zero attached hydrogens (tertiary/aromatic N) is 5. The number of carbonyl (C=O) groups excluding carboxylic acids is 1. The molecule has 1 aromatic heterocycles. The highest BCUT2D eigenvalue weighted by molar-refractivity contribution is 5.92. The molecule has 156 valence electrons. The Hall–Kier alpha value is -3.43. The van der Waals surface area contributed by atoms with Crippen LogP contribution >= 0.6 is 0 Å². The van der Waals surface area contributed by atoms with Gasteiger partial charge in [0.25, 0.3) is 5.91 Å². The van der Waals surface area contributed by atoms with E-state index in [4.69, 9.17) is 0 Å². The maximum Gasteiger partial charge on any atom is 0.418 e. The Morgan fingerprint density at radius 1 is 0.933 bits per heavy atom. The minimum atomic E-state index is -4.55. The van der Waals surface area contributed by atoms with Crippen molar-refractivity contribution in [3.8, 4) is 5.69 Å². The number of anilines is 1. The van der Waals surface area contributed by atoms with Crippen LogP contribution in [-0.2, 0) is 6.18 Å². The van der Waals surface area contributed by atoms with E-state index >= 15 is 0 Å². The number of alkyl halides is 3. The first kappa shape index (κ1) is 19.9. The van der Waals surface area contributed by atoms with Gasteiger partial charge in [0.15, 0.2) is 5.69 Å². The molecule has 2 heterocycles. The Labute approximate surface area is 169 Å². The lowest BCUT2D eigenvalue weighted by Crippen LogP contribution is -2.48. The zero-order chi connectivity index (χ0) is 21.3. The molecule has 0 N–H and O–H groups in total. The van der Waals surface area contributed by atoms with E-state index in [2.05, 4.69) is 10.3 Å². The molecule has 1 aliphatic heterocycles. The standard InChI is InChI=1S/C20H17F4N5O/c21-14-5-7-15(8-6-14)27-9-11-28(12-10-27)19(30)17-13-29(26-25-17)18-4-2-1-3-16(18)20(22,23)24/h1-8,13H,9-12H2. The molecule has 0 spiro atoms. The van der Waals surface area contributed by atoms with Gasteiger partial charge in [0.2, 0.25) is 0 Å². The molecule has 0 saturated carbocycles. The molecule has 2 aromatic carbocycles. The first-order chi connectivity index (χ1) is 14.3. The Balaban J connectivity index is 1.46. The van der Waals surface area contributed by atoms with Crippen LogP contribution in [-0.4, -0.2) is 52.0 Å². The van der Waals surface area contributed by atoms with E-state index in [-0.39, 0.29) is 17.2 Å². The van der Waals surface area contributed by atoms with Crippen molar-refractivity contribution in [1.82, 2.24) is 19.9 Å². The topological polar surface area (TPSA) is 54.3 Å². The normalized spacial score (nSPS) is 14.8. The molecule has 0 unspecified atom stereocenters. The number of rotatable bonds is 3. The second-order valence-electron chi connectivity index (χ2n) is 6.82. The van der Waals surface area contributed by atoms with Gasteiger partial charge in [0.1, 0.15) is 5.82 Å². The highest BCUT2D eigenvalue weighted by Crippen LogP contribution is 2.33. The van der Waals surface area contributed by atoms with Crippen LogP contribution in [0.2, 0.25) is 0 Å². The van der Waals surface area contributed by atoms with Crippen molar-refractivity contribution in [2.24, 2.45) is 0 Å². The quantitative estimate of drug-likeness (QED) is 0.611. The fraction of sp³-hybridized carbons (Fsp3) is 0.250. The zero-order valence-electron chi connectivity index (χ0n) is 15.7. The van der Waals surface area contributed by atoms with Crippen molar-refractivity contribution in [3.63, 3.8) is 0 Å². The predicted octanol–water partition coefficient (Wildman–Crippen LogP) is 3.39. The van der Waals surface area contributed by atoms with Gasteiger partial charge in [-0.25, -0.2) is 9.07 Å². The van der Waals surface area contributed by atoms with Gasteiger partial charge in [-0.2, -0.15) is 13.2 Å². The van der Waals surface area contributed by atoms with E-state index < -0.39 is 17.6 Å². The van der Waals surface area contributed by atoms with Crippen molar-refractivity contribution in [2.75, 3.05) is 31.1 Å². The van der Waals surface area contributed by atoms with Crippen molar-refractivity contribution >= 4 is 11.6 Å². The zero-order valence-corrected chi connectivity index (χ0v) is 15.7. The molecule has 1 fully saturated rings. The average molecular weight is 419 g/mol. The summed E-state index contributed by atoms with van der Waals surface area (Å²) in [5.74, 6) is -0.716. The molecule has 3 aromatic rings. The van der Waals surface area contributed by atoms with Crippen LogP contribution in [0, 0.1) is 5.82 Å². The summed E-state index contributed by atoms with van der Waals surface area (Å²) < 4.78 is 53.7. The summed E-state index contributed by atoms with van der Waals surface area (Å²) in [6.45, 7) is 1.90. The number of carbonyl (C=O) groups is 1. The lowest BCUT2D eigenvalue weighted by molar-refractivity contribution is -0.137. The first-order valence-corrected chi connectivity index (χ1v) is 9.21. The van der Waals surface area contributed by atoms with E-state index in [1.54, 1.807) is 17.0 Å². The fourth-order valence-electron chi connectivity index (χ4n) is 3.37. The van der Waals surface area contributed by atoms with E-state index in [1.165, 1.54) is 36.5 Å². The number of para-hydroxylation sites is 1. The van der Waals surface area contributed by atoms with E-state index in [1.807, 2.05) is 4.90 Å². The predicted molar refractivity (Wildman–Crippen MR) is 101 cm³/mol.